The smallest absolute Gasteiger partial charge is 0.321 e. The van der Waals surface area contributed by atoms with E-state index in [1.807, 2.05) is 30.0 Å². The summed E-state index contributed by atoms with van der Waals surface area (Å²) in [5, 5.41) is 3.08. The Morgan fingerprint density at radius 3 is 2.39 bits per heavy atom. The second-order valence-corrected chi connectivity index (χ2v) is 9.70. The summed E-state index contributed by atoms with van der Waals surface area (Å²) in [6, 6.07) is 14.4. The highest BCUT2D eigenvalue weighted by Crippen LogP contribution is 2.43. The molecule has 2 aromatic rings. The zero-order chi connectivity index (χ0) is 21.6. The van der Waals surface area contributed by atoms with E-state index in [0.29, 0.717) is 5.91 Å². The molecule has 1 atom stereocenters. The van der Waals surface area contributed by atoms with E-state index in [9.17, 15) is 9.59 Å². The van der Waals surface area contributed by atoms with Crippen LogP contribution < -0.4 is 5.32 Å². The Bertz CT molecular complexity index is 1020. The molecule has 5 nitrogen and oxygen atoms in total. The molecular formula is C26H31N3O2. The first-order valence-corrected chi connectivity index (χ1v) is 11.4. The maximum Gasteiger partial charge on any atom is 0.321 e. The molecular weight excluding hydrogens is 386 g/mol. The maximum atomic E-state index is 13.1. The van der Waals surface area contributed by atoms with Gasteiger partial charge in [0.05, 0.1) is 5.92 Å². The number of piperidine rings is 1. The summed E-state index contributed by atoms with van der Waals surface area (Å²) in [6.45, 7) is 7.29. The van der Waals surface area contributed by atoms with Crippen molar-refractivity contribution in [2.45, 2.75) is 45.4 Å². The van der Waals surface area contributed by atoms with Gasteiger partial charge in [-0.2, -0.15) is 0 Å². The molecule has 0 radical (unpaired) electrons. The molecule has 0 aromatic heterocycles. The summed E-state index contributed by atoms with van der Waals surface area (Å²) in [5.74, 6) is 0.348. The van der Waals surface area contributed by atoms with Gasteiger partial charge in [-0.1, -0.05) is 42.0 Å². The minimum Gasteiger partial charge on any atom is -0.342 e. The van der Waals surface area contributed by atoms with Gasteiger partial charge in [0.15, 0.2) is 0 Å². The molecule has 1 spiro atoms. The summed E-state index contributed by atoms with van der Waals surface area (Å²) < 4.78 is 0. The number of benzene rings is 2. The zero-order valence-corrected chi connectivity index (χ0v) is 18.5. The lowest BCUT2D eigenvalue weighted by molar-refractivity contribution is -0.132. The second kappa shape index (κ2) is 7.70. The van der Waals surface area contributed by atoms with E-state index < -0.39 is 0 Å². The highest BCUT2D eigenvalue weighted by molar-refractivity contribution is 5.90. The number of anilines is 1. The average Bonchev–Trinajstić information content (AvgIpc) is 3.15. The van der Waals surface area contributed by atoms with Crippen LogP contribution in [0.1, 0.15) is 47.4 Å². The SMILES string of the molecule is Cc1ccc(NC(=O)N2CCC3(CC2)CCN(C(=O)C2Cc4ccccc42)C3)c(C)c1. The molecule has 2 heterocycles. The van der Waals surface area contributed by atoms with Crippen LogP contribution in [0, 0.1) is 19.3 Å². The number of fused-ring (bicyclic) bond motifs is 1. The molecule has 31 heavy (non-hydrogen) atoms. The van der Waals surface area contributed by atoms with E-state index in [2.05, 4.69) is 41.4 Å². The largest absolute Gasteiger partial charge is 0.342 e. The van der Waals surface area contributed by atoms with Gasteiger partial charge in [0.1, 0.15) is 0 Å². The van der Waals surface area contributed by atoms with Crippen LogP contribution in [0.2, 0.25) is 0 Å². The fraction of sp³-hybridized carbons (Fsp3) is 0.462. The molecule has 0 saturated carbocycles. The quantitative estimate of drug-likeness (QED) is 0.783. The summed E-state index contributed by atoms with van der Waals surface area (Å²) in [6.07, 6.45) is 3.88. The van der Waals surface area contributed by atoms with Crippen LogP contribution in [0.25, 0.3) is 0 Å². The van der Waals surface area contributed by atoms with Gasteiger partial charge in [0, 0.05) is 31.9 Å². The molecule has 3 aliphatic rings. The van der Waals surface area contributed by atoms with Crippen LogP contribution in [0.5, 0.6) is 0 Å². The normalized spacial score (nSPS) is 21.5. The third-order valence-corrected chi connectivity index (χ3v) is 7.64. The molecule has 5 heteroatoms. The molecule has 162 valence electrons. The van der Waals surface area contributed by atoms with Gasteiger partial charge in [-0.05, 0) is 67.7 Å². The Morgan fingerprint density at radius 2 is 1.68 bits per heavy atom. The van der Waals surface area contributed by atoms with Crippen molar-refractivity contribution in [2.24, 2.45) is 5.41 Å². The van der Waals surface area contributed by atoms with E-state index in [1.165, 1.54) is 16.7 Å². The summed E-state index contributed by atoms with van der Waals surface area (Å²) in [4.78, 5) is 29.9. The van der Waals surface area contributed by atoms with Crippen molar-refractivity contribution in [3.8, 4) is 0 Å². The van der Waals surface area contributed by atoms with Crippen LogP contribution in [0.3, 0.4) is 0 Å². The number of carbonyl (C=O) groups excluding carboxylic acids is 2. The van der Waals surface area contributed by atoms with Gasteiger partial charge in [-0.25, -0.2) is 4.79 Å². The zero-order valence-electron chi connectivity index (χ0n) is 18.5. The first kappa shape index (κ1) is 20.1. The van der Waals surface area contributed by atoms with E-state index in [4.69, 9.17) is 0 Å². The molecule has 5 rings (SSSR count). The molecule has 1 aliphatic carbocycles. The summed E-state index contributed by atoms with van der Waals surface area (Å²) >= 11 is 0. The Labute approximate surface area is 184 Å². The van der Waals surface area contributed by atoms with Crippen molar-refractivity contribution < 1.29 is 9.59 Å². The number of likely N-dealkylation sites (tertiary alicyclic amines) is 2. The van der Waals surface area contributed by atoms with Crippen LogP contribution >= 0.6 is 0 Å². The second-order valence-electron chi connectivity index (χ2n) is 9.70. The van der Waals surface area contributed by atoms with Crippen LogP contribution in [0.15, 0.2) is 42.5 Å². The number of nitrogens with zero attached hydrogens (tertiary/aromatic N) is 2. The van der Waals surface area contributed by atoms with Gasteiger partial charge in [-0.3, -0.25) is 4.79 Å². The standard InChI is InChI=1S/C26H31N3O2/c1-18-7-8-23(19(2)15-18)27-25(31)28-12-9-26(10-13-28)11-14-29(17-26)24(30)22-16-20-5-3-4-6-21(20)22/h3-8,15,22H,9-14,16-17H2,1-2H3,(H,27,31). The van der Waals surface area contributed by atoms with Crippen molar-refractivity contribution in [3.05, 3.63) is 64.7 Å². The minimum absolute atomic E-state index is 0.0150. The number of amides is 3. The Morgan fingerprint density at radius 1 is 0.968 bits per heavy atom. The third-order valence-electron chi connectivity index (χ3n) is 7.64. The molecule has 1 N–H and O–H groups in total. The lowest BCUT2D eigenvalue weighted by Crippen LogP contribution is -2.46. The summed E-state index contributed by atoms with van der Waals surface area (Å²) in [7, 11) is 0. The third kappa shape index (κ3) is 3.71. The van der Waals surface area contributed by atoms with Gasteiger partial charge >= 0.3 is 6.03 Å². The molecule has 2 fully saturated rings. The highest BCUT2D eigenvalue weighted by atomic mass is 16.2. The van der Waals surface area contributed by atoms with Crippen LogP contribution in [-0.2, 0) is 11.2 Å². The minimum atomic E-state index is -0.0150. The summed E-state index contributed by atoms with van der Waals surface area (Å²) in [5.41, 5.74) is 5.87. The number of hydrogen-bond acceptors (Lipinski definition) is 2. The van der Waals surface area contributed by atoms with E-state index in [0.717, 1.165) is 63.1 Å². The lowest BCUT2D eigenvalue weighted by atomic mass is 9.76. The number of aryl methyl sites for hydroxylation is 2. The molecule has 2 aliphatic heterocycles. The van der Waals surface area contributed by atoms with E-state index in [-0.39, 0.29) is 17.4 Å². The van der Waals surface area contributed by atoms with Gasteiger partial charge in [0.25, 0.3) is 0 Å². The van der Waals surface area contributed by atoms with Crippen molar-refractivity contribution in [1.29, 1.82) is 0 Å². The maximum absolute atomic E-state index is 13.1. The number of nitrogens with one attached hydrogen (secondary N) is 1. The number of hydrogen-bond donors (Lipinski definition) is 1. The van der Waals surface area contributed by atoms with Gasteiger partial charge in [0.2, 0.25) is 5.91 Å². The predicted molar refractivity (Wildman–Crippen MR) is 122 cm³/mol. The monoisotopic (exact) mass is 417 g/mol. The number of carbonyl (C=O) groups is 2. The average molecular weight is 418 g/mol. The molecule has 2 saturated heterocycles. The fourth-order valence-corrected chi connectivity index (χ4v) is 5.56. The van der Waals surface area contributed by atoms with Gasteiger partial charge < -0.3 is 15.1 Å². The van der Waals surface area contributed by atoms with Crippen molar-refractivity contribution in [1.82, 2.24) is 9.80 Å². The van der Waals surface area contributed by atoms with E-state index in [1.54, 1.807) is 0 Å². The number of urea groups is 1. The fourth-order valence-electron chi connectivity index (χ4n) is 5.56. The lowest BCUT2D eigenvalue weighted by Gasteiger charge is -2.39. The predicted octanol–water partition coefficient (Wildman–Crippen LogP) is 4.49. The van der Waals surface area contributed by atoms with Crippen LogP contribution in [-0.4, -0.2) is 47.9 Å². The van der Waals surface area contributed by atoms with Crippen LogP contribution in [0.4, 0.5) is 10.5 Å². The van der Waals surface area contributed by atoms with Crippen molar-refractivity contribution >= 4 is 17.6 Å². The molecule has 3 amide bonds. The molecule has 0 bridgehead atoms. The number of rotatable bonds is 2. The van der Waals surface area contributed by atoms with Crippen molar-refractivity contribution in [2.75, 3.05) is 31.5 Å². The first-order chi connectivity index (χ1) is 14.9. The topological polar surface area (TPSA) is 52.7 Å². The molecule has 2 aromatic carbocycles. The molecule has 1 unspecified atom stereocenters. The van der Waals surface area contributed by atoms with E-state index >= 15 is 0 Å². The van der Waals surface area contributed by atoms with Crippen molar-refractivity contribution in [3.63, 3.8) is 0 Å². The Kier molecular flexibility index (Phi) is 4.99. The first-order valence-electron chi connectivity index (χ1n) is 11.4. The Balaban J connectivity index is 1.16. The highest BCUT2D eigenvalue weighted by Gasteiger charge is 2.45. The Hall–Kier alpha value is -2.82. The van der Waals surface area contributed by atoms with Gasteiger partial charge in [-0.15, -0.1) is 0 Å².